The minimum Gasteiger partial charge on any atom is -0.481 e. The maximum Gasteiger partial charge on any atom is 0.310 e. The molecule has 0 radical (unpaired) electrons. The molecule has 0 spiro atoms. The second-order valence-corrected chi connectivity index (χ2v) is 7.56. The molecular formula is C15H17NO4S. The van der Waals surface area contributed by atoms with Gasteiger partial charge in [-0.1, -0.05) is 42.5 Å². The lowest BCUT2D eigenvalue weighted by atomic mass is 10.1. The Morgan fingerprint density at radius 2 is 1.86 bits per heavy atom. The van der Waals surface area contributed by atoms with Crippen LogP contribution in [0.25, 0.3) is 0 Å². The van der Waals surface area contributed by atoms with Crippen LogP contribution in [0.4, 0.5) is 0 Å². The largest absolute Gasteiger partial charge is 0.481 e. The van der Waals surface area contributed by atoms with Crippen LogP contribution in [0, 0.1) is 5.92 Å². The Hall–Kier alpha value is -1.66. The van der Waals surface area contributed by atoms with Crippen molar-refractivity contribution in [2.45, 2.75) is 30.1 Å². The van der Waals surface area contributed by atoms with Gasteiger partial charge in [-0.05, 0) is 18.4 Å². The molecule has 4 atom stereocenters. The molecule has 0 aliphatic heterocycles. The molecule has 2 aliphatic carbocycles. The molecular weight excluding hydrogens is 290 g/mol. The van der Waals surface area contributed by atoms with Gasteiger partial charge in [-0.15, -0.1) is 0 Å². The maximum atomic E-state index is 12.3. The second kappa shape index (κ2) is 5.27. The number of carbonyl (C=O) groups is 1. The molecule has 1 aromatic carbocycles. The third-order valence-electron chi connectivity index (χ3n) is 4.07. The van der Waals surface area contributed by atoms with Gasteiger partial charge < -0.3 is 5.11 Å². The fourth-order valence-electron chi connectivity index (χ4n) is 2.83. The predicted octanol–water partition coefficient (Wildman–Crippen LogP) is 1.49. The second-order valence-electron chi connectivity index (χ2n) is 5.63. The lowest BCUT2D eigenvalue weighted by molar-refractivity contribution is -0.140. The Bertz CT molecular complexity index is 668. The summed E-state index contributed by atoms with van der Waals surface area (Å²) < 4.78 is 27.3. The van der Waals surface area contributed by atoms with Gasteiger partial charge in [-0.3, -0.25) is 4.79 Å². The summed E-state index contributed by atoms with van der Waals surface area (Å²) in [5.74, 6) is -1.47. The monoisotopic (exact) mass is 307 g/mol. The minimum atomic E-state index is -3.41. The molecule has 2 aliphatic rings. The molecule has 4 unspecified atom stereocenters. The fraction of sp³-hybridized carbons (Fsp3) is 0.400. The van der Waals surface area contributed by atoms with Crippen molar-refractivity contribution in [2.24, 2.45) is 5.92 Å². The highest BCUT2D eigenvalue weighted by Crippen LogP contribution is 2.45. The van der Waals surface area contributed by atoms with E-state index in [0.29, 0.717) is 6.42 Å². The van der Waals surface area contributed by atoms with Crippen LogP contribution < -0.4 is 4.72 Å². The molecule has 6 heteroatoms. The van der Waals surface area contributed by atoms with Crippen molar-refractivity contribution >= 4 is 16.0 Å². The van der Waals surface area contributed by atoms with E-state index in [9.17, 15) is 13.2 Å². The van der Waals surface area contributed by atoms with Crippen molar-refractivity contribution in [2.75, 3.05) is 0 Å². The van der Waals surface area contributed by atoms with E-state index in [-0.39, 0.29) is 12.3 Å². The van der Waals surface area contributed by atoms with Crippen LogP contribution in [0.2, 0.25) is 0 Å². The van der Waals surface area contributed by atoms with Gasteiger partial charge in [-0.25, -0.2) is 13.1 Å². The summed E-state index contributed by atoms with van der Waals surface area (Å²) in [6.45, 7) is 0. The van der Waals surface area contributed by atoms with Crippen LogP contribution >= 0.6 is 0 Å². The molecule has 0 bridgehead atoms. The van der Waals surface area contributed by atoms with Crippen molar-refractivity contribution < 1.29 is 18.3 Å². The highest BCUT2D eigenvalue weighted by Gasteiger charge is 2.48. The predicted molar refractivity (Wildman–Crippen MR) is 78.3 cm³/mol. The highest BCUT2D eigenvalue weighted by atomic mass is 32.2. The number of sulfonamides is 1. The first-order chi connectivity index (χ1) is 9.97. The molecule has 0 heterocycles. The molecule has 1 fully saturated rings. The number of rotatable bonds is 5. The first-order valence-corrected chi connectivity index (χ1v) is 8.49. The molecule has 0 aromatic heterocycles. The van der Waals surface area contributed by atoms with Crippen LogP contribution in [0.1, 0.15) is 24.3 Å². The zero-order chi connectivity index (χ0) is 15.0. The van der Waals surface area contributed by atoms with E-state index >= 15 is 0 Å². The summed E-state index contributed by atoms with van der Waals surface area (Å²) >= 11 is 0. The standard InChI is InChI=1S/C15H17NO4S/c17-15(18)11-6-7-12(8-11)16-21(19,20)14-9-13(14)10-4-2-1-3-5-10/h1-7,11-14,16H,8-9H2,(H,17,18). The van der Waals surface area contributed by atoms with Crippen molar-refractivity contribution in [3.8, 4) is 0 Å². The van der Waals surface area contributed by atoms with Gasteiger partial charge in [-0.2, -0.15) is 0 Å². The average Bonchev–Trinajstić information content (AvgIpc) is 3.14. The van der Waals surface area contributed by atoms with Crippen LogP contribution in [-0.4, -0.2) is 30.8 Å². The molecule has 112 valence electrons. The Morgan fingerprint density at radius 1 is 1.14 bits per heavy atom. The van der Waals surface area contributed by atoms with Crippen molar-refractivity contribution in [3.63, 3.8) is 0 Å². The Kier molecular flexibility index (Phi) is 3.59. The van der Waals surface area contributed by atoms with E-state index in [2.05, 4.69) is 4.72 Å². The Balaban J connectivity index is 1.62. The Labute approximate surface area is 123 Å². The summed E-state index contributed by atoms with van der Waals surface area (Å²) in [4.78, 5) is 10.9. The smallest absolute Gasteiger partial charge is 0.310 e. The minimum absolute atomic E-state index is 0.0457. The molecule has 2 N–H and O–H groups in total. The molecule has 5 nitrogen and oxygen atoms in total. The summed E-state index contributed by atoms with van der Waals surface area (Å²) in [5, 5.41) is 8.51. The maximum absolute atomic E-state index is 12.3. The van der Waals surface area contributed by atoms with E-state index in [1.165, 1.54) is 0 Å². The first kappa shape index (κ1) is 14.3. The molecule has 21 heavy (non-hydrogen) atoms. The third-order valence-corrected chi connectivity index (χ3v) is 6.02. The van der Waals surface area contributed by atoms with E-state index in [1.54, 1.807) is 12.2 Å². The van der Waals surface area contributed by atoms with Crippen LogP contribution in [0.5, 0.6) is 0 Å². The van der Waals surface area contributed by atoms with Crippen LogP contribution in [-0.2, 0) is 14.8 Å². The topological polar surface area (TPSA) is 83.5 Å². The van der Waals surface area contributed by atoms with Crippen molar-refractivity contribution in [3.05, 3.63) is 48.0 Å². The molecule has 1 saturated carbocycles. The number of aliphatic carboxylic acids is 1. The zero-order valence-corrected chi connectivity index (χ0v) is 12.2. The van der Waals surface area contributed by atoms with E-state index in [4.69, 9.17) is 5.11 Å². The lowest BCUT2D eigenvalue weighted by Crippen LogP contribution is -2.36. The molecule has 0 saturated heterocycles. The summed E-state index contributed by atoms with van der Waals surface area (Å²) in [7, 11) is -3.41. The van der Waals surface area contributed by atoms with E-state index in [0.717, 1.165) is 5.56 Å². The van der Waals surface area contributed by atoms with Crippen LogP contribution in [0.15, 0.2) is 42.5 Å². The molecule has 3 rings (SSSR count). The SMILES string of the molecule is O=C(O)C1C=CC(NS(=O)(=O)C2CC2c2ccccc2)C1. The van der Waals surface area contributed by atoms with Gasteiger partial charge in [0, 0.05) is 12.0 Å². The fourth-order valence-corrected chi connectivity index (χ4v) is 4.66. The first-order valence-electron chi connectivity index (χ1n) is 6.94. The number of carboxylic acids is 1. The lowest BCUT2D eigenvalue weighted by Gasteiger charge is -2.12. The third kappa shape index (κ3) is 3.01. The highest BCUT2D eigenvalue weighted by molar-refractivity contribution is 7.90. The van der Waals surface area contributed by atoms with Gasteiger partial charge in [0.25, 0.3) is 0 Å². The van der Waals surface area contributed by atoms with Crippen molar-refractivity contribution in [1.82, 2.24) is 4.72 Å². The quantitative estimate of drug-likeness (QED) is 0.807. The number of nitrogens with one attached hydrogen (secondary N) is 1. The van der Waals surface area contributed by atoms with E-state index < -0.39 is 33.2 Å². The number of hydrogen-bond donors (Lipinski definition) is 2. The number of carboxylic acid groups (broad SMARTS) is 1. The van der Waals surface area contributed by atoms with Gasteiger partial charge in [0.2, 0.25) is 10.0 Å². The summed E-state index contributed by atoms with van der Waals surface area (Å²) in [6, 6.07) is 9.19. The van der Waals surface area contributed by atoms with E-state index in [1.807, 2.05) is 30.3 Å². The molecule has 1 aromatic rings. The average molecular weight is 307 g/mol. The Morgan fingerprint density at radius 3 is 2.48 bits per heavy atom. The number of hydrogen-bond acceptors (Lipinski definition) is 3. The number of benzene rings is 1. The summed E-state index contributed by atoms with van der Waals surface area (Å²) in [6.07, 6.45) is 4.10. The van der Waals surface area contributed by atoms with Crippen LogP contribution in [0.3, 0.4) is 0 Å². The van der Waals surface area contributed by atoms with Gasteiger partial charge in [0.1, 0.15) is 0 Å². The zero-order valence-electron chi connectivity index (χ0n) is 11.3. The van der Waals surface area contributed by atoms with Gasteiger partial charge in [0.05, 0.1) is 11.2 Å². The van der Waals surface area contributed by atoms with Crippen molar-refractivity contribution in [1.29, 1.82) is 0 Å². The summed E-state index contributed by atoms with van der Waals surface area (Å²) in [5.41, 5.74) is 1.04. The van der Waals surface area contributed by atoms with Gasteiger partial charge in [0.15, 0.2) is 0 Å². The normalized spacial score (nSPS) is 31.2. The van der Waals surface area contributed by atoms with Gasteiger partial charge >= 0.3 is 5.97 Å². The molecule has 0 amide bonds.